The van der Waals surface area contributed by atoms with Gasteiger partial charge in [-0.25, -0.2) is 0 Å². The van der Waals surface area contributed by atoms with Crippen molar-refractivity contribution in [3.8, 4) is 0 Å². The average Bonchev–Trinajstić information content (AvgIpc) is 3.17. The SMILES string of the molecule is COCCn1cnnc1SCC(=O)N(Cc1ccccc1)c1ccccc1. The molecule has 0 aliphatic rings. The van der Waals surface area contributed by atoms with Gasteiger partial charge in [-0.05, 0) is 17.7 Å². The Morgan fingerprint density at radius 2 is 1.81 bits per heavy atom. The first-order valence-electron chi connectivity index (χ1n) is 8.67. The zero-order valence-corrected chi connectivity index (χ0v) is 16.0. The summed E-state index contributed by atoms with van der Waals surface area (Å²) in [6.07, 6.45) is 1.66. The topological polar surface area (TPSA) is 60.2 Å². The Kier molecular flexibility index (Phi) is 7.01. The third kappa shape index (κ3) is 5.42. The lowest BCUT2D eigenvalue weighted by atomic mass is 10.2. The predicted octanol–water partition coefficient (Wildman–Crippen LogP) is 3.25. The molecule has 140 valence electrons. The second kappa shape index (κ2) is 9.89. The van der Waals surface area contributed by atoms with E-state index in [-0.39, 0.29) is 11.7 Å². The van der Waals surface area contributed by atoms with Crippen molar-refractivity contribution in [1.82, 2.24) is 14.8 Å². The molecule has 3 aromatic rings. The first-order chi connectivity index (χ1) is 13.3. The van der Waals surface area contributed by atoms with Crippen molar-refractivity contribution in [2.24, 2.45) is 0 Å². The average molecular weight is 382 g/mol. The molecule has 1 heterocycles. The van der Waals surface area contributed by atoms with Crippen molar-refractivity contribution in [2.75, 3.05) is 24.4 Å². The summed E-state index contributed by atoms with van der Waals surface area (Å²) in [4.78, 5) is 14.8. The maximum absolute atomic E-state index is 13.0. The summed E-state index contributed by atoms with van der Waals surface area (Å²) in [5.41, 5.74) is 1.97. The molecular weight excluding hydrogens is 360 g/mol. The van der Waals surface area contributed by atoms with Crippen LogP contribution in [0.3, 0.4) is 0 Å². The molecule has 0 saturated carbocycles. The van der Waals surface area contributed by atoms with E-state index in [0.29, 0.717) is 24.9 Å². The van der Waals surface area contributed by atoms with Crippen molar-refractivity contribution in [3.63, 3.8) is 0 Å². The molecule has 7 heteroatoms. The van der Waals surface area contributed by atoms with E-state index in [1.54, 1.807) is 18.3 Å². The molecule has 0 unspecified atom stereocenters. The predicted molar refractivity (Wildman–Crippen MR) is 107 cm³/mol. The monoisotopic (exact) mass is 382 g/mol. The standard InChI is InChI=1S/C20H22N4O2S/c1-26-13-12-23-16-21-22-20(23)27-15-19(25)24(18-10-6-3-7-11-18)14-17-8-4-2-5-9-17/h2-11,16H,12-15H2,1H3. The van der Waals surface area contributed by atoms with E-state index in [1.807, 2.05) is 65.2 Å². The molecule has 0 spiro atoms. The number of nitrogens with zero attached hydrogens (tertiary/aromatic N) is 4. The van der Waals surface area contributed by atoms with Crippen molar-refractivity contribution >= 4 is 23.4 Å². The number of para-hydroxylation sites is 1. The fraction of sp³-hybridized carbons (Fsp3) is 0.250. The van der Waals surface area contributed by atoms with Gasteiger partial charge in [0.1, 0.15) is 6.33 Å². The number of amides is 1. The van der Waals surface area contributed by atoms with Crippen LogP contribution < -0.4 is 4.90 Å². The molecule has 0 N–H and O–H groups in total. The van der Waals surface area contributed by atoms with Gasteiger partial charge in [-0.1, -0.05) is 60.3 Å². The van der Waals surface area contributed by atoms with Gasteiger partial charge in [0, 0.05) is 19.3 Å². The van der Waals surface area contributed by atoms with E-state index in [2.05, 4.69) is 10.2 Å². The number of carbonyl (C=O) groups excluding carboxylic acids is 1. The third-order valence-electron chi connectivity index (χ3n) is 3.99. The minimum atomic E-state index is 0.0244. The Balaban J connectivity index is 1.71. The minimum Gasteiger partial charge on any atom is -0.383 e. The maximum atomic E-state index is 13.0. The summed E-state index contributed by atoms with van der Waals surface area (Å²) in [6, 6.07) is 19.7. The molecule has 0 atom stereocenters. The summed E-state index contributed by atoms with van der Waals surface area (Å²) >= 11 is 1.39. The number of benzene rings is 2. The molecule has 0 bridgehead atoms. The number of thioether (sulfide) groups is 1. The van der Waals surface area contributed by atoms with E-state index in [0.717, 1.165) is 11.3 Å². The van der Waals surface area contributed by atoms with Gasteiger partial charge in [0.2, 0.25) is 5.91 Å². The molecule has 2 aromatic carbocycles. The zero-order chi connectivity index (χ0) is 18.9. The lowest BCUT2D eigenvalue weighted by Crippen LogP contribution is -2.32. The van der Waals surface area contributed by atoms with Gasteiger partial charge in [-0.2, -0.15) is 0 Å². The normalized spacial score (nSPS) is 10.7. The molecule has 0 fully saturated rings. The second-order valence-electron chi connectivity index (χ2n) is 5.89. The number of hydrogen-bond donors (Lipinski definition) is 0. The molecule has 3 rings (SSSR count). The number of carbonyl (C=O) groups is 1. The summed E-state index contributed by atoms with van der Waals surface area (Å²) < 4.78 is 6.99. The Morgan fingerprint density at radius 1 is 1.11 bits per heavy atom. The second-order valence-corrected chi connectivity index (χ2v) is 6.83. The van der Waals surface area contributed by atoms with Crippen LogP contribution in [0.5, 0.6) is 0 Å². The number of ether oxygens (including phenoxy) is 1. The quantitative estimate of drug-likeness (QED) is 0.532. The summed E-state index contributed by atoms with van der Waals surface area (Å²) in [5.74, 6) is 0.310. The zero-order valence-electron chi connectivity index (χ0n) is 15.2. The van der Waals surface area contributed by atoms with Gasteiger partial charge in [-0.3, -0.25) is 4.79 Å². The molecule has 27 heavy (non-hydrogen) atoms. The molecular formula is C20H22N4O2S. The Morgan fingerprint density at radius 3 is 2.52 bits per heavy atom. The molecule has 0 aliphatic carbocycles. The van der Waals surface area contributed by atoms with E-state index in [9.17, 15) is 4.79 Å². The molecule has 1 amide bonds. The van der Waals surface area contributed by atoms with Gasteiger partial charge in [0.15, 0.2) is 5.16 Å². The Hall–Kier alpha value is -2.64. The molecule has 0 saturated heterocycles. The largest absolute Gasteiger partial charge is 0.383 e. The smallest absolute Gasteiger partial charge is 0.237 e. The van der Waals surface area contributed by atoms with Gasteiger partial charge in [0.05, 0.1) is 18.9 Å². The maximum Gasteiger partial charge on any atom is 0.237 e. The van der Waals surface area contributed by atoms with E-state index in [4.69, 9.17) is 4.74 Å². The van der Waals surface area contributed by atoms with Crippen LogP contribution in [-0.4, -0.2) is 40.1 Å². The number of methoxy groups -OCH3 is 1. The molecule has 0 aliphatic heterocycles. The van der Waals surface area contributed by atoms with Gasteiger partial charge < -0.3 is 14.2 Å². The number of aromatic nitrogens is 3. The van der Waals surface area contributed by atoms with Crippen LogP contribution >= 0.6 is 11.8 Å². The van der Waals surface area contributed by atoms with Crippen LogP contribution in [0, 0.1) is 0 Å². The lowest BCUT2D eigenvalue weighted by molar-refractivity contribution is -0.116. The highest BCUT2D eigenvalue weighted by molar-refractivity contribution is 7.99. The molecule has 6 nitrogen and oxygen atoms in total. The highest BCUT2D eigenvalue weighted by Gasteiger charge is 2.18. The van der Waals surface area contributed by atoms with E-state index < -0.39 is 0 Å². The summed E-state index contributed by atoms with van der Waals surface area (Å²) in [5, 5.41) is 8.76. The van der Waals surface area contributed by atoms with E-state index >= 15 is 0 Å². The van der Waals surface area contributed by atoms with Crippen LogP contribution in [0.15, 0.2) is 72.1 Å². The van der Waals surface area contributed by atoms with Crippen molar-refractivity contribution in [2.45, 2.75) is 18.2 Å². The van der Waals surface area contributed by atoms with Crippen LogP contribution in [0.1, 0.15) is 5.56 Å². The van der Waals surface area contributed by atoms with Crippen LogP contribution in [0.25, 0.3) is 0 Å². The molecule has 1 aromatic heterocycles. The first-order valence-corrected chi connectivity index (χ1v) is 9.65. The van der Waals surface area contributed by atoms with Crippen LogP contribution in [0.4, 0.5) is 5.69 Å². The van der Waals surface area contributed by atoms with Gasteiger partial charge >= 0.3 is 0 Å². The van der Waals surface area contributed by atoms with E-state index in [1.165, 1.54) is 11.8 Å². The summed E-state index contributed by atoms with van der Waals surface area (Å²) in [6.45, 7) is 1.76. The highest BCUT2D eigenvalue weighted by Crippen LogP contribution is 2.21. The number of rotatable bonds is 9. The molecule has 0 radical (unpaired) electrons. The Labute approximate surface area is 163 Å². The van der Waals surface area contributed by atoms with Crippen LogP contribution in [0.2, 0.25) is 0 Å². The first kappa shape index (κ1) is 19.1. The third-order valence-corrected chi connectivity index (χ3v) is 4.96. The number of anilines is 1. The highest BCUT2D eigenvalue weighted by atomic mass is 32.2. The minimum absolute atomic E-state index is 0.0244. The lowest BCUT2D eigenvalue weighted by Gasteiger charge is -2.23. The van der Waals surface area contributed by atoms with Gasteiger partial charge in [0.25, 0.3) is 0 Å². The van der Waals surface area contributed by atoms with Crippen molar-refractivity contribution in [1.29, 1.82) is 0 Å². The Bertz CT molecular complexity index is 839. The van der Waals surface area contributed by atoms with Crippen molar-refractivity contribution < 1.29 is 9.53 Å². The number of hydrogen-bond acceptors (Lipinski definition) is 5. The fourth-order valence-corrected chi connectivity index (χ4v) is 3.42. The van der Waals surface area contributed by atoms with Gasteiger partial charge in [-0.15, -0.1) is 10.2 Å². The van der Waals surface area contributed by atoms with Crippen molar-refractivity contribution in [3.05, 3.63) is 72.6 Å². The summed E-state index contributed by atoms with van der Waals surface area (Å²) in [7, 11) is 1.65. The van der Waals surface area contributed by atoms with Crippen LogP contribution in [-0.2, 0) is 22.6 Å². The fourth-order valence-electron chi connectivity index (χ4n) is 2.60.